The third kappa shape index (κ3) is 3.07. The molecule has 0 amide bonds. The average molecular weight is 418 g/mol. The molecule has 0 spiro atoms. The van der Waals surface area contributed by atoms with Crippen LogP contribution in [0.5, 0.6) is 11.5 Å². The van der Waals surface area contributed by atoms with E-state index in [4.69, 9.17) is 9.47 Å². The van der Waals surface area contributed by atoms with Crippen LogP contribution in [0.25, 0.3) is 0 Å². The first-order chi connectivity index (χ1) is 10.0. The topological polar surface area (TPSA) is 38.7 Å². The Morgan fingerprint density at radius 1 is 1.19 bits per heavy atom. The van der Waals surface area contributed by atoms with Crippen molar-refractivity contribution in [3.05, 3.63) is 56.2 Å². The molecule has 6 heteroatoms. The van der Waals surface area contributed by atoms with E-state index in [1.807, 2.05) is 0 Å². The maximum absolute atomic E-state index is 13.8. The zero-order chi connectivity index (χ0) is 15.0. The molecule has 0 aliphatic carbocycles. The SMILES string of the molecule is OC(Cc1cc(Br)ccc1F)c1cc(Br)c2c(c1)OCO2. The predicted octanol–water partition coefficient (Wildman–Crippen LogP) is 4.36. The van der Waals surface area contributed by atoms with Gasteiger partial charge in [0.2, 0.25) is 6.79 Å². The highest BCUT2D eigenvalue weighted by Gasteiger charge is 2.21. The lowest BCUT2D eigenvalue weighted by Crippen LogP contribution is -2.04. The maximum Gasteiger partial charge on any atom is 0.231 e. The summed E-state index contributed by atoms with van der Waals surface area (Å²) in [5, 5.41) is 10.3. The Morgan fingerprint density at radius 2 is 2.00 bits per heavy atom. The third-order valence-electron chi connectivity index (χ3n) is 3.26. The Bertz CT molecular complexity index is 691. The Hall–Kier alpha value is -1.11. The minimum atomic E-state index is -0.834. The van der Waals surface area contributed by atoms with E-state index in [1.54, 1.807) is 24.3 Å². The Kier molecular flexibility index (Phi) is 4.19. The number of fused-ring (bicyclic) bond motifs is 1. The van der Waals surface area contributed by atoms with Crippen LogP contribution in [0.15, 0.2) is 39.3 Å². The molecule has 3 nitrogen and oxygen atoms in total. The summed E-state index contributed by atoms with van der Waals surface area (Å²) in [6, 6.07) is 8.15. The van der Waals surface area contributed by atoms with Gasteiger partial charge in [0.1, 0.15) is 5.82 Å². The van der Waals surface area contributed by atoms with Crippen LogP contribution in [0, 0.1) is 5.82 Å². The number of hydrogen-bond donors (Lipinski definition) is 1. The summed E-state index contributed by atoms with van der Waals surface area (Å²) in [6.45, 7) is 0.160. The van der Waals surface area contributed by atoms with Crippen molar-refractivity contribution in [1.82, 2.24) is 0 Å². The Labute approximate surface area is 137 Å². The van der Waals surface area contributed by atoms with Gasteiger partial charge in [0.25, 0.3) is 0 Å². The minimum absolute atomic E-state index is 0.160. The fraction of sp³-hybridized carbons (Fsp3) is 0.200. The molecule has 3 rings (SSSR count). The van der Waals surface area contributed by atoms with Crippen molar-refractivity contribution in [1.29, 1.82) is 0 Å². The molecule has 110 valence electrons. The lowest BCUT2D eigenvalue weighted by Gasteiger charge is -2.13. The second-order valence-electron chi connectivity index (χ2n) is 4.69. The standard InChI is InChI=1S/C15H11Br2FO3/c16-10-1-2-12(18)8(3-10)5-13(19)9-4-11(17)15-14(6-9)20-7-21-15/h1-4,6,13,19H,5,7H2. The van der Waals surface area contributed by atoms with E-state index < -0.39 is 6.10 Å². The van der Waals surface area contributed by atoms with Gasteiger partial charge >= 0.3 is 0 Å². The molecule has 0 fully saturated rings. The highest BCUT2D eigenvalue weighted by atomic mass is 79.9. The third-order valence-corrected chi connectivity index (χ3v) is 4.34. The summed E-state index contributed by atoms with van der Waals surface area (Å²) in [5.74, 6) is 0.866. The number of ether oxygens (including phenoxy) is 2. The van der Waals surface area contributed by atoms with Gasteiger partial charge in [-0.2, -0.15) is 0 Å². The second kappa shape index (κ2) is 5.94. The molecule has 1 unspecified atom stereocenters. The summed E-state index contributed by atoms with van der Waals surface area (Å²) < 4.78 is 25.9. The van der Waals surface area contributed by atoms with Gasteiger partial charge in [-0.05, 0) is 57.4 Å². The summed E-state index contributed by atoms with van der Waals surface area (Å²) in [7, 11) is 0. The van der Waals surface area contributed by atoms with Crippen LogP contribution in [0.4, 0.5) is 4.39 Å². The van der Waals surface area contributed by atoms with Gasteiger partial charge in [0.05, 0.1) is 10.6 Å². The van der Waals surface area contributed by atoms with Gasteiger partial charge in [0.15, 0.2) is 11.5 Å². The van der Waals surface area contributed by atoms with Crippen molar-refractivity contribution in [2.45, 2.75) is 12.5 Å². The van der Waals surface area contributed by atoms with Crippen LogP contribution in [-0.2, 0) is 6.42 Å². The van der Waals surface area contributed by atoms with Crippen LogP contribution < -0.4 is 9.47 Å². The molecule has 2 aromatic rings. The van der Waals surface area contributed by atoms with Crippen LogP contribution in [-0.4, -0.2) is 11.9 Å². The van der Waals surface area contributed by atoms with E-state index in [1.165, 1.54) is 6.07 Å². The smallest absolute Gasteiger partial charge is 0.231 e. The molecule has 1 heterocycles. The highest BCUT2D eigenvalue weighted by Crippen LogP contribution is 2.41. The van der Waals surface area contributed by atoms with E-state index in [0.29, 0.717) is 27.1 Å². The fourth-order valence-corrected chi connectivity index (χ4v) is 3.19. The van der Waals surface area contributed by atoms with E-state index in [0.717, 1.165) is 4.47 Å². The molecular weight excluding hydrogens is 407 g/mol. The molecule has 2 aromatic carbocycles. The predicted molar refractivity (Wildman–Crippen MR) is 83.0 cm³/mol. The van der Waals surface area contributed by atoms with E-state index in [-0.39, 0.29) is 19.0 Å². The molecule has 1 atom stereocenters. The van der Waals surface area contributed by atoms with Crippen molar-refractivity contribution in [3.8, 4) is 11.5 Å². The van der Waals surface area contributed by atoms with Gasteiger partial charge < -0.3 is 14.6 Å². The maximum atomic E-state index is 13.8. The van der Waals surface area contributed by atoms with Crippen LogP contribution in [0.1, 0.15) is 17.2 Å². The zero-order valence-corrected chi connectivity index (χ0v) is 13.9. The van der Waals surface area contributed by atoms with Crippen molar-refractivity contribution in [2.75, 3.05) is 6.79 Å². The number of aliphatic hydroxyl groups is 1. The lowest BCUT2D eigenvalue weighted by atomic mass is 10.0. The number of rotatable bonds is 3. The van der Waals surface area contributed by atoms with Crippen molar-refractivity contribution in [2.24, 2.45) is 0 Å². The van der Waals surface area contributed by atoms with Crippen LogP contribution in [0.2, 0.25) is 0 Å². The number of halogens is 3. The Balaban J connectivity index is 1.87. The summed E-state index contributed by atoms with van der Waals surface area (Å²) >= 11 is 6.68. The Morgan fingerprint density at radius 3 is 2.81 bits per heavy atom. The monoisotopic (exact) mass is 416 g/mol. The lowest BCUT2D eigenvalue weighted by molar-refractivity contribution is 0.171. The van der Waals surface area contributed by atoms with Gasteiger partial charge in [-0.1, -0.05) is 15.9 Å². The highest BCUT2D eigenvalue weighted by molar-refractivity contribution is 9.10. The number of hydrogen-bond acceptors (Lipinski definition) is 3. The molecule has 0 radical (unpaired) electrons. The summed E-state index contributed by atoms with van der Waals surface area (Å²) in [4.78, 5) is 0. The first-order valence-corrected chi connectivity index (χ1v) is 7.84. The second-order valence-corrected chi connectivity index (χ2v) is 6.46. The number of benzene rings is 2. The molecule has 0 aromatic heterocycles. The first-order valence-electron chi connectivity index (χ1n) is 6.25. The van der Waals surface area contributed by atoms with Gasteiger partial charge in [-0.3, -0.25) is 0 Å². The zero-order valence-electron chi connectivity index (χ0n) is 10.8. The van der Waals surface area contributed by atoms with E-state index >= 15 is 0 Å². The van der Waals surface area contributed by atoms with Gasteiger partial charge in [-0.25, -0.2) is 4.39 Å². The molecule has 0 saturated carbocycles. The van der Waals surface area contributed by atoms with E-state index in [9.17, 15) is 9.50 Å². The molecule has 1 N–H and O–H groups in total. The van der Waals surface area contributed by atoms with E-state index in [2.05, 4.69) is 31.9 Å². The van der Waals surface area contributed by atoms with Crippen molar-refractivity contribution in [3.63, 3.8) is 0 Å². The van der Waals surface area contributed by atoms with Crippen LogP contribution >= 0.6 is 31.9 Å². The fourth-order valence-electron chi connectivity index (χ4n) is 2.21. The average Bonchev–Trinajstić information content (AvgIpc) is 2.91. The van der Waals surface area contributed by atoms with Gasteiger partial charge in [-0.15, -0.1) is 0 Å². The quantitative estimate of drug-likeness (QED) is 0.806. The normalized spacial score (nSPS) is 14.3. The first kappa shape index (κ1) is 14.8. The van der Waals surface area contributed by atoms with Crippen molar-refractivity contribution >= 4 is 31.9 Å². The molecule has 0 bridgehead atoms. The van der Waals surface area contributed by atoms with Crippen LogP contribution in [0.3, 0.4) is 0 Å². The minimum Gasteiger partial charge on any atom is -0.454 e. The molecular formula is C15H11Br2FO3. The molecule has 0 saturated heterocycles. The molecule has 21 heavy (non-hydrogen) atoms. The largest absolute Gasteiger partial charge is 0.454 e. The summed E-state index contributed by atoms with van der Waals surface area (Å²) in [5.41, 5.74) is 1.09. The number of aliphatic hydroxyl groups excluding tert-OH is 1. The summed E-state index contributed by atoms with van der Waals surface area (Å²) in [6.07, 6.45) is -0.656. The molecule has 1 aliphatic rings. The van der Waals surface area contributed by atoms with Crippen molar-refractivity contribution < 1.29 is 19.0 Å². The van der Waals surface area contributed by atoms with Gasteiger partial charge in [0, 0.05) is 10.9 Å². The molecule has 1 aliphatic heterocycles.